The highest BCUT2D eigenvalue weighted by molar-refractivity contribution is 9.10. The molecule has 0 spiro atoms. The quantitative estimate of drug-likeness (QED) is 0.310. The van der Waals surface area contributed by atoms with Gasteiger partial charge in [0.15, 0.2) is 5.17 Å². The smallest absolute Gasteiger partial charge is 0.323 e. The first-order valence-electron chi connectivity index (χ1n) is 12.0. The van der Waals surface area contributed by atoms with Crippen LogP contribution in [-0.4, -0.2) is 34.3 Å². The Balaban J connectivity index is 1.37. The zero-order chi connectivity index (χ0) is 25.8. The van der Waals surface area contributed by atoms with E-state index >= 15 is 0 Å². The first kappa shape index (κ1) is 25.1. The Kier molecular flexibility index (Phi) is 7.62. The summed E-state index contributed by atoms with van der Waals surface area (Å²) in [5, 5.41) is 9.68. The number of halogens is 1. The highest BCUT2D eigenvalue weighted by Crippen LogP contribution is 2.40. The lowest BCUT2D eigenvalue weighted by molar-refractivity contribution is -0.113. The number of urea groups is 1. The van der Waals surface area contributed by atoms with E-state index in [0.29, 0.717) is 16.9 Å². The molecular formula is C28H26BrN5O2S. The number of aliphatic imine (C=N–C) groups is 1. The summed E-state index contributed by atoms with van der Waals surface area (Å²) in [5.74, 6) is 0.847. The van der Waals surface area contributed by atoms with Crippen LogP contribution in [0, 0.1) is 0 Å². The number of hydrogen-bond acceptors (Lipinski definition) is 5. The van der Waals surface area contributed by atoms with Crippen LogP contribution < -0.4 is 16.0 Å². The fourth-order valence-electron chi connectivity index (χ4n) is 4.40. The molecule has 3 amide bonds. The van der Waals surface area contributed by atoms with Crippen molar-refractivity contribution in [2.75, 3.05) is 28.2 Å². The Morgan fingerprint density at radius 3 is 2.19 bits per heavy atom. The second kappa shape index (κ2) is 11.2. The van der Waals surface area contributed by atoms with Crippen LogP contribution in [0.4, 0.5) is 21.9 Å². The van der Waals surface area contributed by atoms with Gasteiger partial charge in [-0.2, -0.15) is 0 Å². The van der Waals surface area contributed by atoms with Crippen molar-refractivity contribution < 1.29 is 9.59 Å². The van der Waals surface area contributed by atoms with E-state index in [4.69, 9.17) is 4.99 Å². The van der Waals surface area contributed by atoms with Crippen LogP contribution in [0.25, 0.3) is 0 Å². The molecule has 2 heterocycles. The number of para-hydroxylation sites is 1. The molecule has 2 aliphatic heterocycles. The predicted octanol–water partition coefficient (Wildman–Crippen LogP) is 6.86. The summed E-state index contributed by atoms with van der Waals surface area (Å²) in [6.45, 7) is 2.72. The van der Waals surface area contributed by atoms with Gasteiger partial charge in [0.25, 0.3) is 5.91 Å². The van der Waals surface area contributed by atoms with Crippen LogP contribution in [0.1, 0.15) is 24.9 Å². The van der Waals surface area contributed by atoms with E-state index in [-0.39, 0.29) is 18.0 Å². The molecule has 0 bridgehead atoms. The fraction of sp³-hybridized carbons (Fsp3) is 0.179. The summed E-state index contributed by atoms with van der Waals surface area (Å²) in [6, 6.07) is 23.9. The number of benzene rings is 3. The van der Waals surface area contributed by atoms with E-state index < -0.39 is 0 Å². The van der Waals surface area contributed by atoms with Crippen LogP contribution >= 0.6 is 27.7 Å². The van der Waals surface area contributed by atoms with Crippen molar-refractivity contribution in [2.45, 2.75) is 19.4 Å². The molecule has 0 radical (unpaired) electrons. The van der Waals surface area contributed by atoms with Gasteiger partial charge < -0.3 is 20.9 Å². The maximum atomic E-state index is 13.5. The Labute approximate surface area is 228 Å². The summed E-state index contributed by atoms with van der Waals surface area (Å²) < 4.78 is 0.943. The molecule has 9 heteroatoms. The molecule has 3 aromatic carbocycles. The number of amidine groups is 1. The molecule has 7 nitrogen and oxygen atoms in total. The van der Waals surface area contributed by atoms with Gasteiger partial charge in [0.05, 0.1) is 17.3 Å². The average Bonchev–Trinajstić information content (AvgIpc) is 2.90. The van der Waals surface area contributed by atoms with Crippen molar-refractivity contribution in [1.29, 1.82) is 0 Å². The molecule has 188 valence electrons. The van der Waals surface area contributed by atoms with Gasteiger partial charge in [0.1, 0.15) is 0 Å². The third kappa shape index (κ3) is 5.89. The maximum absolute atomic E-state index is 13.5. The molecule has 3 N–H and O–H groups in total. The third-order valence-corrected chi connectivity index (χ3v) is 7.73. The predicted molar refractivity (Wildman–Crippen MR) is 155 cm³/mol. The molecule has 1 atom stereocenters. The summed E-state index contributed by atoms with van der Waals surface area (Å²) in [4.78, 5) is 33.0. The van der Waals surface area contributed by atoms with Gasteiger partial charge in [0, 0.05) is 33.8 Å². The molecule has 0 aliphatic carbocycles. The standard InChI is InChI=1S/C28H26BrN5O2S/c1-18-24(26(35)31-21-6-3-2-4-7-21)25(34-16-5-17-37-28(34)30-18)19-8-12-22(13-9-19)32-27(36)33-23-14-10-20(29)11-15-23/h2-4,6-15,25H,5,16-17H2,1H3,(H,31,35)(H2,32,33,36)/t25-/m1/s1. The molecule has 0 aromatic heterocycles. The summed E-state index contributed by atoms with van der Waals surface area (Å²) in [7, 11) is 0. The Morgan fingerprint density at radius 1 is 0.892 bits per heavy atom. The molecule has 37 heavy (non-hydrogen) atoms. The van der Waals surface area contributed by atoms with Crippen molar-refractivity contribution in [1.82, 2.24) is 4.90 Å². The number of anilines is 3. The number of fused-ring (bicyclic) bond motifs is 1. The number of hydrogen-bond donors (Lipinski definition) is 3. The van der Waals surface area contributed by atoms with Crippen LogP contribution in [0.15, 0.2) is 99.6 Å². The highest BCUT2D eigenvalue weighted by Gasteiger charge is 2.37. The van der Waals surface area contributed by atoms with Crippen molar-refractivity contribution in [3.63, 3.8) is 0 Å². The minimum Gasteiger partial charge on any atom is -0.340 e. The van der Waals surface area contributed by atoms with Gasteiger partial charge >= 0.3 is 6.03 Å². The van der Waals surface area contributed by atoms with E-state index in [1.54, 1.807) is 11.8 Å². The van der Waals surface area contributed by atoms with Gasteiger partial charge in [-0.1, -0.05) is 58.0 Å². The molecule has 5 rings (SSSR count). The minimum absolute atomic E-state index is 0.164. The SMILES string of the molecule is CC1=C(C(=O)Nc2ccccc2)[C@@H](c2ccc(NC(=O)Nc3ccc(Br)cc3)cc2)N2CCCSC2=N1. The molecule has 2 aliphatic rings. The van der Waals surface area contributed by atoms with Crippen LogP contribution in [0.3, 0.4) is 0 Å². The number of carbonyl (C=O) groups is 2. The van der Waals surface area contributed by atoms with E-state index in [1.165, 1.54) is 0 Å². The topological polar surface area (TPSA) is 85.8 Å². The zero-order valence-electron chi connectivity index (χ0n) is 20.2. The Bertz CT molecular complexity index is 1360. The summed E-state index contributed by atoms with van der Waals surface area (Å²) >= 11 is 5.11. The van der Waals surface area contributed by atoms with Crippen molar-refractivity contribution in [3.8, 4) is 0 Å². The first-order chi connectivity index (χ1) is 18.0. The Morgan fingerprint density at radius 2 is 1.51 bits per heavy atom. The maximum Gasteiger partial charge on any atom is 0.323 e. The van der Waals surface area contributed by atoms with E-state index in [1.807, 2.05) is 85.8 Å². The van der Waals surface area contributed by atoms with Crippen molar-refractivity contribution in [3.05, 3.63) is 100 Å². The largest absolute Gasteiger partial charge is 0.340 e. The van der Waals surface area contributed by atoms with Gasteiger partial charge in [0.2, 0.25) is 0 Å². The number of allylic oxidation sites excluding steroid dienone is 1. The second-order valence-corrected chi connectivity index (χ2v) is 10.7. The third-order valence-electron chi connectivity index (χ3n) is 6.12. The van der Waals surface area contributed by atoms with Gasteiger partial charge in [-0.15, -0.1) is 0 Å². The monoisotopic (exact) mass is 575 g/mol. The van der Waals surface area contributed by atoms with Crippen LogP contribution in [0.5, 0.6) is 0 Å². The normalized spacial score (nSPS) is 17.0. The lowest BCUT2D eigenvalue weighted by Crippen LogP contribution is -2.43. The molecule has 1 fully saturated rings. The number of nitrogens with one attached hydrogen (secondary N) is 3. The average molecular weight is 577 g/mol. The number of rotatable bonds is 5. The molecule has 3 aromatic rings. The summed E-state index contributed by atoms with van der Waals surface area (Å²) in [5.41, 5.74) is 4.41. The molecule has 0 saturated carbocycles. The van der Waals surface area contributed by atoms with Gasteiger partial charge in [-0.05, 0) is 67.4 Å². The highest BCUT2D eigenvalue weighted by atomic mass is 79.9. The second-order valence-electron chi connectivity index (χ2n) is 8.72. The Hall–Kier alpha value is -3.56. The number of nitrogens with zero attached hydrogens (tertiary/aromatic N) is 2. The van der Waals surface area contributed by atoms with E-state index in [9.17, 15) is 9.59 Å². The molecule has 1 saturated heterocycles. The summed E-state index contributed by atoms with van der Waals surface area (Å²) in [6.07, 6.45) is 1.02. The first-order valence-corrected chi connectivity index (χ1v) is 13.7. The minimum atomic E-state index is -0.326. The molecule has 0 unspecified atom stereocenters. The number of thioether (sulfide) groups is 1. The molecular weight excluding hydrogens is 550 g/mol. The van der Waals surface area contributed by atoms with E-state index in [0.717, 1.165) is 45.3 Å². The fourth-order valence-corrected chi connectivity index (χ4v) is 5.69. The lowest BCUT2D eigenvalue weighted by atomic mass is 9.93. The number of carbonyl (C=O) groups excluding carboxylic acids is 2. The van der Waals surface area contributed by atoms with Gasteiger partial charge in [-0.25, -0.2) is 9.79 Å². The lowest BCUT2D eigenvalue weighted by Gasteiger charge is -2.40. The zero-order valence-corrected chi connectivity index (χ0v) is 22.6. The number of amides is 3. The van der Waals surface area contributed by atoms with Crippen molar-refractivity contribution >= 4 is 61.9 Å². The van der Waals surface area contributed by atoms with E-state index in [2.05, 4.69) is 36.8 Å². The van der Waals surface area contributed by atoms with Crippen molar-refractivity contribution in [2.24, 2.45) is 4.99 Å². The van der Waals surface area contributed by atoms with Crippen LogP contribution in [0.2, 0.25) is 0 Å². The van der Waals surface area contributed by atoms with Gasteiger partial charge in [-0.3, -0.25) is 4.79 Å². The van der Waals surface area contributed by atoms with Crippen LogP contribution in [-0.2, 0) is 4.79 Å².